The molecule has 1 N–H and O–H groups in total. The fourth-order valence-corrected chi connectivity index (χ4v) is 3.01. The average Bonchev–Trinajstić information content (AvgIpc) is 3.20. The highest BCUT2D eigenvalue weighted by atomic mass is 16.6. The lowest BCUT2D eigenvalue weighted by atomic mass is 10.1. The van der Waals surface area contributed by atoms with Crippen LogP contribution in [0, 0.1) is 13.8 Å². The molecule has 0 unspecified atom stereocenters. The van der Waals surface area contributed by atoms with Gasteiger partial charge in [-0.2, -0.15) is 5.10 Å². The molecule has 0 bridgehead atoms. The molecule has 1 atom stereocenters. The van der Waals surface area contributed by atoms with E-state index >= 15 is 0 Å². The number of nitrogens with one attached hydrogen (secondary N) is 1. The van der Waals surface area contributed by atoms with Crippen LogP contribution < -0.4 is 5.32 Å². The first-order chi connectivity index (χ1) is 12.1. The second-order valence-corrected chi connectivity index (χ2v) is 6.32. The zero-order chi connectivity index (χ0) is 17.8. The topological polar surface area (TPSA) is 68.5 Å². The number of carbonyl (C=O) groups is 1. The number of benzene rings is 1. The Hall–Kier alpha value is -2.63. The van der Waals surface area contributed by atoms with Crippen LogP contribution in [0.25, 0.3) is 5.69 Å². The third kappa shape index (κ3) is 3.90. The molecule has 0 fully saturated rings. The van der Waals surface area contributed by atoms with E-state index in [1.165, 1.54) is 0 Å². The fourth-order valence-electron chi connectivity index (χ4n) is 3.01. The van der Waals surface area contributed by atoms with Gasteiger partial charge in [0.05, 0.1) is 30.1 Å². The summed E-state index contributed by atoms with van der Waals surface area (Å²) in [6.07, 6.45) is 1.95. The van der Waals surface area contributed by atoms with Crippen molar-refractivity contribution in [3.05, 3.63) is 47.3 Å². The summed E-state index contributed by atoms with van der Waals surface area (Å²) in [6.45, 7) is 6.48. The summed E-state index contributed by atoms with van der Waals surface area (Å²) in [4.78, 5) is 17.7. The SMILES string of the molecule is CCC1=NO[C@H](CNC(=O)Cc2c(C)nn(-c3ccccc3)c2C)C1. The Morgan fingerprint density at radius 2 is 2.08 bits per heavy atom. The first-order valence-electron chi connectivity index (χ1n) is 8.67. The van der Waals surface area contributed by atoms with Gasteiger partial charge in [-0.1, -0.05) is 30.3 Å². The van der Waals surface area contributed by atoms with Crippen molar-refractivity contribution in [1.82, 2.24) is 15.1 Å². The molecule has 132 valence electrons. The molecule has 25 heavy (non-hydrogen) atoms. The third-order valence-corrected chi connectivity index (χ3v) is 4.51. The van der Waals surface area contributed by atoms with E-state index in [-0.39, 0.29) is 12.0 Å². The highest BCUT2D eigenvalue weighted by Gasteiger charge is 2.21. The predicted octanol–water partition coefficient (Wildman–Crippen LogP) is 2.70. The summed E-state index contributed by atoms with van der Waals surface area (Å²) in [7, 11) is 0. The van der Waals surface area contributed by atoms with Crippen LogP contribution in [0.2, 0.25) is 0 Å². The largest absolute Gasteiger partial charge is 0.390 e. The third-order valence-electron chi connectivity index (χ3n) is 4.51. The quantitative estimate of drug-likeness (QED) is 0.879. The molecule has 1 amide bonds. The molecule has 1 aromatic carbocycles. The molecule has 1 aliphatic rings. The highest BCUT2D eigenvalue weighted by Crippen LogP contribution is 2.18. The number of oxime groups is 1. The number of rotatable bonds is 6. The van der Waals surface area contributed by atoms with Gasteiger partial charge in [0.1, 0.15) is 6.10 Å². The minimum atomic E-state index is -0.0480. The van der Waals surface area contributed by atoms with Crippen molar-refractivity contribution in [3.63, 3.8) is 0 Å². The van der Waals surface area contributed by atoms with Crippen LogP contribution in [0.15, 0.2) is 35.5 Å². The van der Waals surface area contributed by atoms with E-state index in [0.29, 0.717) is 13.0 Å². The Labute approximate surface area is 147 Å². The summed E-state index contributed by atoms with van der Waals surface area (Å²) in [5.74, 6) is -0.0210. The van der Waals surface area contributed by atoms with Crippen LogP contribution in [0.1, 0.15) is 36.7 Å². The monoisotopic (exact) mass is 340 g/mol. The zero-order valence-electron chi connectivity index (χ0n) is 15.0. The minimum Gasteiger partial charge on any atom is -0.390 e. The van der Waals surface area contributed by atoms with E-state index < -0.39 is 0 Å². The molecular formula is C19H24N4O2. The lowest BCUT2D eigenvalue weighted by molar-refractivity contribution is -0.121. The molecule has 1 aliphatic heterocycles. The van der Waals surface area contributed by atoms with Gasteiger partial charge in [0.15, 0.2) is 0 Å². The second-order valence-electron chi connectivity index (χ2n) is 6.32. The number of hydrogen-bond donors (Lipinski definition) is 1. The molecule has 0 saturated carbocycles. The number of nitrogens with zero attached hydrogens (tertiary/aromatic N) is 3. The summed E-state index contributed by atoms with van der Waals surface area (Å²) in [5.41, 5.74) is 4.89. The highest BCUT2D eigenvalue weighted by molar-refractivity contribution is 5.85. The molecule has 0 spiro atoms. The number of para-hydroxylation sites is 1. The molecule has 0 radical (unpaired) electrons. The Morgan fingerprint density at radius 3 is 2.76 bits per heavy atom. The number of amides is 1. The molecule has 6 nitrogen and oxygen atoms in total. The Balaban J connectivity index is 1.61. The van der Waals surface area contributed by atoms with Crippen molar-refractivity contribution in [2.45, 2.75) is 46.1 Å². The maximum Gasteiger partial charge on any atom is 0.224 e. The zero-order valence-corrected chi connectivity index (χ0v) is 15.0. The van der Waals surface area contributed by atoms with Gasteiger partial charge in [0.2, 0.25) is 5.91 Å². The van der Waals surface area contributed by atoms with Crippen LogP contribution >= 0.6 is 0 Å². The fraction of sp³-hybridized carbons (Fsp3) is 0.421. The van der Waals surface area contributed by atoms with Gasteiger partial charge in [0.25, 0.3) is 0 Å². The second kappa shape index (κ2) is 7.51. The molecule has 6 heteroatoms. The van der Waals surface area contributed by atoms with E-state index in [4.69, 9.17) is 4.84 Å². The van der Waals surface area contributed by atoms with Gasteiger partial charge >= 0.3 is 0 Å². The summed E-state index contributed by atoms with van der Waals surface area (Å²) in [6, 6.07) is 9.94. The normalized spacial score (nSPS) is 16.4. The van der Waals surface area contributed by atoms with Gasteiger partial charge in [-0.25, -0.2) is 4.68 Å². The molecular weight excluding hydrogens is 316 g/mol. The predicted molar refractivity (Wildman–Crippen MR) is 97.0 cm³/mol. The van der Waals surface area contributed by atoms with E-state index in [0.717, 1.165) is 41.2 Å². The maximum absolute atomic E-state index is 12.3. The van der Waals surface area contributed by atoms with Crippen molar-refractivity contribution in [2.24, 2.45) is 5.16 Å². The first kappa shape index (κ1) is 17.2. The maximum atomic E-state index is 12.3. The van der Waals surface area contributed by atoms with Gasteiger partial charge in [-0.05, 0) is 32.4 Å². The minimum absolute atomic E-state index is 0.0210. The van der Waals surface area contributed by atoms with Crippen LogP contribution in [0.3, 0.4) is 0 Å². The first-order valence-corrected chi connectivity index (χ1v) is 8.67. The summed E-state index contributed by atoms with van der Waals surface area (Å²) in [5, 5.41) is 11.5. The van der Waals surface area contributed by atoms with Gasteiger partial charge in [0, 0.05) is 17.7 Å². The molecule has 0 aliphatic carbocycles. The van der Waals surface area contributed by atoms with Crippen molar-refractivity contribution >= 4 is 11.6 Å². The lowest BCUT2D eigenvalue weighted by Gasteiger charge is -2.10. The van der Waals surface area contributed by atoms with Crippen molar-refractivity contribution in [2.75, 3.05) is 6.54 Å². The summed E-state index contributed by atoms with van der Waals surface area (Å²) >= 11 is 0. The lowest BCUT2D eigenvalue weighted by Crippen LogP contribution is -2.33. The van der Waals surface area contributed by atoms with Crippen molar-refractivity contribution in [3.8, 4) is 5.69 Å². The molecule has 3 rings (SSSR count). The van der Waals surface area contributed by atoms with E-state index in [1.54, 1.807) is 0 Å². The number of carbonyl (C=O) groups excluding carboxylic acids is 1. The standard InChI is InChI=1S/C19H24N4O2/c1-4-15-10-17(25-22-15)12-20-19(24)11-18-13(2)21-23(14(18)3)16-8-6-5-7-9-16/h5-9,17H,4,10-12H2,1-3H3,(H,20,24)/t17-/m0/s1. The smallest absolute Gasteiger partial charge is 0.224 e. The van der Waals surface area contributed by atoms with Crippen LogP contribution in [-0.2, 0) is 16.1 Å². The Morgan fingerprint density at radius 1 is 1.32 bits per heavy atom. The van der Waals surface area contributed by atoms with E-state index in [1.807, 2.05) is 48.9 Å². The van der Waals surface area contributed by atoms with Crippen molar-refractivity contribution in [1.29, 1.82) is 0 Å². The van der Waals surface area contributed by atoms with Gasteiger partial charge in [-0.15, -0.1) is 0 Å². The molecule has 0 saturated heterocycles. The van der Waals surface area contributed by atoms with E-state index in [9.17, 15) is 4.79 Å². The van der Waals surface area contributed by atoms with Crippen molar-refractivity contribution < 1.29 is 9.63 Å². The Bertz CT molecular complexity index is 780. The van der Waals surface area contributed by atoms with Crippen LogP contribution in [0.5, 0.6) is 0 Å². The van der Waals surface area contributed by atoms with E-state index in [2.05, 4.69) is 22.5 Å². The molecule has 2 heterocycles. The van der Waals surface area contributed by atoms with Gasteiger partial charge < -0.3 is 10.2 Å². The van der Waals surface area contributed by atoms with Crippen LogP contribution in [-0.4, -0.2) is 34.0 Å². The van der Waals surface area contributed by atoms with Crippen LogP contribution in [0.4, 0.5) is 0 Å². The Kier molecular flexibility index (Phi) is 5.16. The average molecular weight is 340 g/mol. The number of aryl methyl sites for hydroxylation is 1. The molecule has 1 aromatic heterocycles. The number of aromatic nitrogens is 2. The number of hydrogen-bond acceptors (Lipinski definition) is 4. The van der Waals surface area contributed by atoms with Gasteiger partial charge in [-0.3, -0.25) is 4.79 Å². The summed E-state index contributed by atoms with van der Waals surface area (Å²) < 4.78 is 1.89. The molecule has 2 aromatic rings.